The van der Waals surface area contributed by atoms with Crippen molar-refractivity contribution >= 4 is 50.1 Å². The van der Waals surface area contributed by atoms with Gasteiger partial charge < -0.3 is 4.90 Å². The van der Waals surface area contributed by atoms with Crippen molar-refractivity contribution in [3.8, 4) is 0 Å². The second kappa shape index (κ2) is 9.41. The number of amides is 3. The van der Waals surface area contributed by atoms with Gasteiger partial charge in [0.05, 0.1) is 15.9 Å². The molecule has 0 saturated carbocycles. The summed E-state index contributed by atoms with van der Waals surface area (Å²) in [5.74, 6) is -0.555. The molecule has 1 aliphatic heterocycles. The van der Waals surface area contributed by atoms with E-state index in [9.17, 15) is 14.4 Å². The van der Waals surface area contributed by atoms with Gasteiger partial charge in [-0.1, -0.05) is 11.3 Å². The van der Waals surface area contributed by atoms with Crippen LogP contribution in [-0.4, -0.2) is 54.8 Å². The zero-order chi connectivity index (χ0) is 23.7. The van der Waals surface area contributed by atoms with E-state index in [0.717, 1.165) is 23.2 Å². The van der Waals surface area contributed by atoms with Gasteiger partial charge in [-0.3, -0.25) is 24.2 Å². The minimum atomic E-state index is -0.204. The van der Waals surface area contributed by atoms with E-state index in [1.807, 2.05) is 14.1 Å². The zero-order valence-corrected chi connectivity index (χ0v) is 20.2. The van der Waals surface area contributed by atoms with Crippen LogP contribution in [0.2, 0.25) is 0 Å². The van der Waals surface area contributed by atoms with Crippen LogP contribution in [0.1, 0.15) is 40.7 Å². The molecule has 2 aromatic carbocycles. The van der Waals surface area contributed by atoms with Crippen molar-refractivity contribution in [1.29, 1.82) is 0 Å². The highest BCUT2D eigenvalue weighted by Crippen LogP contribution is 2.32. The van der Waals surface area contributed by atoms with Crippen LogP contribution in [0.25, 0.3) is 10.2 Å². The Labute approximate surface area is 197 Å². The highest BCUT2D eigenvalue weighted by molar-refractivity contribution is 7.22. The van der Waals surface area contributed by atoms with Gasteiger partial charge in [0.15, 0.2) is 5.13 Å². The molecule has 4 rings (SSSR count). The summed E-state index contributed by atoms with van der Waals surface area (Å²) in [6.45, 7) is 5.53. The molecule has 1 aliphatic rings. The van der Waals surface area contributed by atoms with Gasteiger partial charge in [-0.15, -0.1) is 0 Å². The third kappa shape index (κ3) is 4.82. The molecule has 0 unspecified atom stereocenters. The van der Waals surface area contributed by atoms with Gasteiger partial charge >= 0.3 is 0 Å². The molecule has 3 amide bonds. The number of aryl methyl sites for hydroxylation is 2. The number of imide groups is 1. The molecular weight excluding hydrogens is 436 g/mol. The second-order valence-electron chi connectivity index (χ2n) is 8.68. The minimum absolute atomic E-state index is 0.146. The Morgan fingerprint density at radius 1 is 1.00 bits per heavy atom. The quantitative estimate of drug-likeness (QED) is 0.491. The molecular formula is C25H28N4O3S. The molecule has 0 spiro atoms. The number of aromatic nitrogens is 1. The Hall–Kier alpha value is -3.10. The van der Waals surface area contributed by atoms with E-state index < -0.39 is 0 Å². The van der Waals surface area contributed by atoms with Gasteiger partial charge in [0.1, 0.15) is 0 Å². The smallest absolute Gasteiger partial charge is 0.260 e. The highest BCUT2D eigenvalue weighted by atomic mass is 32.1. The molecule has 8 heteroatoms. The van der Waals surface area contributed by atoms with Crippen LogP contribution in [-0.2, 0) is 9.59 Å². The molecule has 2 heterocycles. The number of carbonyl (C=O) groups excluding carboxylic acids is 3. The maximum absolute atomic E-state index is 13.5. The second-order valence-corrected chi connectivity index (χ2v) is 9.69. The first-order valence-electron chi connectivity index (χ1n) is 11.0. The largest absolute Gasteiger partial charge is 0.309 e. The molecule has 7 nitrogen and oxygen atoms in total. The fraction of sp³-hybridized carbons (Fsp3) is 0.360. The number of hydrogen-bond donors (Lipinski definition) is 0. The lowest BCUT2D eigenvalue weighted by atomic mass is 10.1. The molecule has 1 aromatic heterocycles. The SMILES string of the molecule is Cc1cc2nc(N(CCCN(C)C)C(=O)c3ccc(N4C(=O)CCC4=O)cc3)sc2cc1C. The molecule has 0 radical (unpaired) electrons. The molecule has 3 aromatic rings. The van der Waals surface area contributed by atoms with Crippen LogP contribution in [0, 0.1) is 13.8 Å². The summed E-state index contributed by atoms with van der Waals surface area (Å²) in [5.41, 5.74) is 4.26. The summed E-state index contributed by atoms with van der Waals surface area (Å²) in [6, 6.07) is 10.9. The monoisotopic (exact) mass is 464 g/mol. The van der Waals surface area contributed by atoms with Crippen LogP contribution in [0.3, 0.4) is 0 Å². The van der Waals surface area contributed by atoms with Gasteiger partial charge in [0, 0.05) is 24.9 Å². The first-order chi connectivity index (χ1) is 15.7. The number of thiazole rings is 1. The van der Waals surface area contributed by atoms with Crippen molar-refractivity contribution in [1.82, 2.24) is 9.88 Å². The molecule has 33 heavy (non-hydrogen) atoms. The van der Waals surface area contributed by atoms with Gasteiger partial charge in [0.2, 0.25) is 11.8 Å². The maximum atomic E-state index is 13.5. The van der Waals surface area contributed by atoms with E-state index in [4.69, 9.17) is 4.98 Å². The maximum Gasteiger partial charge on any atom is 0.260 e. The number of fused-ring (bicyclic) bond motifs is 1. The molecule has 0 bridgehead atoms. The van der Waals surface area contributed by atoms with Crippen LogP contribution >= 0.6 is 11.3 Å². The van der Waals surface area contributed by atoms with E-state index in [2.05, 4.69) is 30.9 Å². The lowest BCUT2D eigenvalue weighted by Crippen LogP contribution is -2.33. The number of hydrogen-bond acceptors (Lipinski definition) is 6. The Kier molecular flexibility index (Phi) is 6.58. The van der Waals surface area contributed by atoms with Crippen molar-refractivity contribution < 1.29 is 14.4 Å². The van der Waals surface area contributed by atoms with E-state index in [-0.39, 0.29) is 30.6 Å². The van der Waals surface area contributed by atoms with Crippen molar-refractivity contribution in [3.63, 3.8) is 0 Å². The predicted octanol–water partition coefficient (Wildman–Crippen LogP) is 4.17. The fourth-order valence-electron chi connectivity index (χ4n) is 3.89. The standard InChI is InChI=1S/C25H28N4O3S/c1-16-14-20-21(15-17(16)2)33-25(26-20)28(13-5-12-27(3)4)24(32)18-6-8-19(9-7-18)29-22(30)10-11-23(29)31/h6-9,14-15H,5,10-13H2,1-4H3. The number of carbonyl (C=O) groups is 3. The zero-order valence-electron chi connectivity index (χ0n) is 19.4. The van der Waals surface area contributed by atoms with Gasteiger partial charge in [-0.25, -0.2) is 4.98 Å². The lowest BCUT2D eigenvalue weighted by molar-refractivity contribution is -0.121. The van der Waals surface area contributed by atoms with Crippen LogP contribution in [0.5, 0.6) is 0 Å². The molecule has 1 fully saturated rings. The minimum Gasteiger partial charge on any atom is -0.309 e. The number of benzene rings is 2. The average molecular weight is 465 g/mol. The Morgan fingerprint density at radius 2 is 1.64 bits per heavy atom. The average Bonchev–Trinajstić information content (AvgIpc) is 3.33. The van der Waals surface area contributed by atoms with E-state index in [1.165, 1.54) is 27.4 Å². The first kappa shape index (κ1) is 23.1. The molecule has 0 atom stereocenters. The normalized spacial score (nSPS) is 14.0. The van der Waals surface area contributed by atoms with Gasteiger partial charge in [-0.2, -0.15) is 0 Å². The summed E-state index contributed by atoms with van der Waals surface area (Å²) in [7, 11) is 4.02. The van der Waals surface area contributed by atoms with Crippen molar-refractivity contribution in [2.75, 3.05) is 37.0 Å². The topological polar surface area (TPSA) is 73.8 Å². The molecule has 0 N–H and O–H groups in total. The van der Waals surface area contributed by atoms with E-state index >= 15 is 0 Å². The van der Waals surface area contributed by atoms with Gasteiger partial charge in [-0.05, 0) is 88.4 Å². The fourth-order valence-corrected chi connectivity index (χ4v) is 4.96. The number of rotatable bonds is 7. The van der Waals surface area contributed by atoms with Crippen molar-refractivity contribution in [3.05, 3.63) is 53.1 Å². The third-order valence-electron chi connectivity index (χ3n) is 5.88. The summed E-state index contributed by atoms with van der Waals surface area (Å²) in [4.78, 5) is 47.4. The summed E-state index contributed by atoms with van der Waals surface area (Å²) < 4.78 is 1.06. The third-order valence-corrected chi connectivity index (χ3v) is 6.92. The lowest BCUT2D eigenvalue weighted by Gasteiger charge is -2.21. The van der Waals surface area contributed by atoms with Crippen molar-refractivity contribution in [2.45, 2.75) is 33.1 Å². The van der Waals surface area contributed by atoms with Gasteiger partial charge in [0.25, 0.3) is 5.91 Å². The highest BCUT2D eigenvalue weighted by Gasteiger charge is 2.30. The Balaban J connectivity index is 1.63. The van der Waals surface area contributed by atoms with Crippen molar-refractivity contribution in [2.24, 2.45) is 0 Å². The number of nitrogens with zero attached hydrogens (tertiary/aromatic N) is 4. The summed E-state index contributed by atoms with van der Waals surface area (Å²) in [6.07, 6.45) is 1.27. The number of anilines is 2. The Bertz CT molecular complexity index is 1160. The van der Waals surface area contributed by atoms with Crippen LogP contribution < -0.4 is 9.80 Å². The van der Waals surface area contributed by atoms with Crippen LogP contribution in [0.4, 0.5) is 10.8 Å². The molecule has 0 aliphatic carbocycles. The van der Waals surface area contributed by atoms with E-state index in [1.54, 1.807) is 29.2 Å². The van der Waals surface area contributed by atoms with Crippen LogP contribution in [0.15, 0.2) is 36.4 Å². The molecule has 1 saturated heterocycles. The summed E-state index contributed by atoms with van der Waals surface area (Å²) in [5, 5.41) is 0.674. The Morgan fingerprint density at radius 3 is 2.27 bits per heavy atom. The first-order valence-corrected chi connectivity index (χ1v) is 11.9. The molecule has 172 valence electrons. The predicted molar refractivity (Wildman–Crippen MR) is 132 cm³/mol. The van der Waals surface area contributed by atoms with E-state index in [0.29, 0.717) is 22.9 Å². The summed E-state index contributed by atoms with van der Waals surface area (Å²) >= 11 is 1.52.